The van der Waals surface area contributed by atoms with Crippen molar-refractivity contribution in [3.63, 3.8) is 0 Å². The summed E-state index contributed by atoms with van der Waals surface area (Å²) in [5.41, 5.74) is -0.645. The highest BCUT2D eigenvalue weighted by molar-refractivity contribution is 6.42. The standard InChI is InChI=1S/C24H14Cl3FN2O4/c1-10-17-11(6-7-16(31)32)4-3-5-15(17)30-21(10)24(2,28)22-19(23(30)33)20(29-34-22)18-13(26)8-12(25)9-14(18)27/h3-9H,1-2H3,(H,31,32)/b7-6+. The van der Waals surface area contributed by atoms with Gasteiger partial charge < -0.3 is 9.63 Å². The maximum absolute atomic E-state index is 16.5. The van der Waals surface area contributed by atoms with Gasteiger partial charge in [-0.05, 0) is 49.2 Å². The first-order valence-corrected chi connectivity index (χ1v) is 11.1. The van der Waals surface area contributed by atoms with Crippen LogP contribution >= 0.6 is 34.8 Å². The summed E-state index contributed by atoms with van der Waals surface area (Å²) in [6.07, 6.45) is 2.39. The fourth-order valence-corrected chi connectivity index (χ4v) is 5.60. The zero-order chi connectivity index (χ0) is 24.5. The van der Waals surface area contributed by atoms with E-state index in [0.29, 0.717) is 22.0 Å². The highest BCUT2D eigenvalue weighted by Gasteiger charge is 2.49. The number of benzene rings is 2. The molecule has 5 rings (SSSR count). The third kappa shape index (κ3) is 3.11. The van der Waals surface area contributed by atoms with Gasteiger partial charge in [-0.25, -0.2) is 9.18 Å². The van der Waals surface area contributed by atoms with Gasteiger partial charge in [0, 0.05) is 22.0 Å². The van der Waals surface area contributed by atoms with Gasteiger partial charge in [-0.15, -0.1) is 0 Å². The number of fused-ring (bicyclic) bond motifs is 4. The minimum absolute atomic E-state index is 0.00243. The maximum Gasteiger partial charge on any atom is 0.328 e. The average molecular weight is 520 g/mol. The van der Waals surface area contributed by atoms with Crippen LogP contribution in [0.5, 0.6) is 0 Å². The van der Waals surface area contributed by atoms with Gasteiger partial charge in [0.25, 0.3) is 5.91 Å². The Balaban J connectivity index is 1.82. The number of hydrogen-bond acceptors (Lipinski definition) is 4. The van der Waals surface area contributed by atoms with Gasteiger partial charge in [0.1, 0.15) is 11.3 Å². The molecule has 6 nitrogen and oxygen atoms in total. The van der Waals surface area contributed by atoms with Crippen LogP contribution in [-0.2, 0) is 10.5 Å². The number of carboxylic acids is 1. The Morgan fingerprint density at radius 3 is 2.53 bits per heavy atom. The normalized spacial score (nSPS) is 17.4. The quantitative estimate of drug-likeness (QED) is 0.298. The summed E-state index contributed by atoms with van der Waals surface area (Å²) in [5.74, 6) is -1.97. The molecule has 1 N–H and O–H groups in total. The monoisotopic (exact) mass is 518 g/mol. The van der Waals surface area contributed by atoms with Crippen LogP contribution in [0.1, 0.15) is 39.9 Å². The lowest BCUT2D eigenvalue weighted by Crippen LogP contribution is -2.33. The number of aromatic nitrogens is 2. The molecule has 1 aliphatic rings. The van der Waals surface area contributed by atoms with Crippen LogP contribution in [0.15, 0.2) is 40.9 Å². The van der Waals surface area contributed by atoms with Gasteiger partial charge in [-0.3, -0.25) is 9.36 Å². The molecular formula is C24H14Cl3FN2O4. The summed E-state index contributed by atoms with van der Waals surface area (Å²) in [6, 6.07) is 7.90. The lowest BCUT2D eigenvalue weighted by molar-refractivity contribution is -0.131. The van der Waals surface area contributed by atoms with E-state index in [1.807, 2.05) is 0 Å². The molecule has 172 valence electrons. The molecule has 2 aromatic carbocycles. The van der Waals surface area contributed by atoms with E-state index in [-0.39, 0.29) is 43.3 Å². The van der Waals surface area contributed by atoms with Gasteiger partial charge >= 0.3 is 5.97 Å². The van der Waals surface area contributed by atoms with Crippen LogP contribution in [0.2, 0.25) is 15.1 Å². The minimum Gasteiger partial charge on any atom is -0.478 e. The van der Waals surface area contributed by atoms with Crippen molar-refractivity contribution in [2.45, 2.75) is 19.5 Å². The van der Waals surface area contributed by atoms with Crippen molar-refractivity contribution in [1.82, 2.24) is 9.72 Å². The zero-order valence-electron chi connectivity index (χ0n) is 17.6. The molecule has 0 fully saturated rings. The van der Waals surface area contributed by atoms with Crippen molar-refractivity contribution in [2.75, 3.05) is 0 Å². The fourth-order valence-electron chi connectivity index (χ4n) is 4.60. The first-order valence-electron chi connectivity index (χ1n) is 9.98. The van der Waals surface area contributed by atoms with Crippen molar-refractivity contribution < 1.29 is 23.6 Å². The predicted octanol–water partition coefficient (Wildman–Crippen LogP) is 6.90. The molecule has 0 spiro atoms. The van der Waals surface area contributed by atoms with E-state index in [2.05, 4.69) is 5.16 Å². The Bertz CT molecular complexity index is 1560. The number of alkyl halides is 1. The van der Waals surface area contributed by atoms with Crippen molar-refractivity contribution >= 4 is 63.7 Å². The van der Waals surface area contributed by atoms with Gasteiger partial charge in [0.15, 0.2) is 5.76 Å². The molecule has 0 bridgehead atoms. The van der Waals surface area contributed by atoms with Crippen LogP contribution in [0.3, 0.4) is 0 Å². The number of aryl methyl sites for hydroxylation is 1. The maximum atomic E-state index is 16.5. The summed E-state index contributed by atoms with van der Waals surface area (Å²) in [7, 11) is 0. The fraction of sp³-hybridized carbons (Fsp3) is 0.125. The number of halogens is 4. The van der Waals surface area contributed by atoms with Crippen LogP contribution in [-0.4, -0.2) is 26.7 Å². The Kier molecular flexibility index (Phi) is 5.13. The summed E-state index contributed by atoms with van der Waals surface area (Å²) in [6.45, 7) is 2.95. The number of carboxylic acid groups (broad SMARTS) is 1. The molecular weight excluding hydrogens is 506 g/mol. The van der Waals surface area contributed by atoms with E-state index in [0.717, 1.165) is 6.08 Å². The number of hydrogen-bond donors (Lipinski definition) is 1. The van der Waals surface area contributed by atoms with Gasteiger partial charge in [-0.2, -0.15) is 0 Å². The van der Waals surface area contributed by atoms with Gasteiger partial charge in [-0.1, -0.05) is 52.1 Å². The van der Waals surface area contributed by atoms with E-state index in [9.17, 15) is 9.59 Å². The molecule has 1 atom stereocenters. The molecule has 0 saturated carbocycles. The van der Waals surface area contributed by atoms with Crippen molar-refractivity contribution in [3.8, 4) is 11.3 Å². The van der Waals surface area contributed by atoms with E-state index in [4.69, 9.17) is 44.4 Å². The Morgan fingerprint density at radius 1 is 1.21 bits per heavy atom. The first-order chi connectivity index (χ1) is 16.0. The molecule has 0 aliphatic carbocycles. The number of aliphatic carboxylic acids is 1. The smallest absolute Gasteiger partial charge is 0.328 e. The van der Waals surface area contributed by atoms with Crippen molar-refractivity contribution in [1.29, 1.82) is 0 Å². The van der Waals surface area contributed by atoms with Crippen LogP contribution < -0.4 is 0 Å². The summed E-state index contributed by atoms with van der Waals surface area (Å²) >= 11 is 18.7. The Morgan fingerprint density at radius 2 is 1.88 bits per heavy atom. The van der Waals surface area contributed by atoms with E-state index in [1.54, 1.807) is 25.1 Å². The molecule has 4 aromatic rings. The van der Waals surface area contributed by atoms with Crippen LogP contribution in [0.25, 0.3) is 28.2 Å². The highest BCUT2D eigenvalue weighted by Crippen LogP contribution is 2.49. The molecule has 10 heteroatoms. The molecule has 0 radical (unpaired) electrons. The highest BCUT2D eigenvalue weighted by atomic mass is 35.5. The van der Waals surface area contributed by atoms with Crippen LogP contribution in [0.4, 0.5) is 4.39 Å². The van der Waals surface area contributed by atoms with Gasteiger partial charge in [0.2, 0.25) is 5.67 Å². The van der Waals surface area contributed by atoms with Gasteiger partial charge in [0.05, 0.1) is 21.3 Å². The zero-order valence-corrected chi connectivity index (χ0v) is 19.9. The lowest BCUT2D eigenvalue weighted by Gasteiger charge is -2.26. The number of carbonyl (C=O) groups excluding carboxylic acids is 1. The minimum atomic E-state index is -2.24. The average Bonchev–Trinajstić information content (AvgIpc) is 3.32. The number of carbonyl (C=O) groups is 2. The topological polar surface area (TPSA) is 85.3 Å². The second-order valence-corrected chi connectivity index (χ2v) is 9.26. The summed E-state index contributed by atoms with van der Waals surface area (Å²) in [4.78, 5) is 24.9. The molecule has 0 saturated heterocycles. The number of rotatable bonds is 3. The Hall–Kier alpha value is -3.13. The van der Waals surface area contributed by atoms with E-state index in [1.165, 1.54) is 29.7 Å². The molecule has 3 heterocycles. The second-order valence-electron chi connectivity index (χ2n) is 8.01. The number of nitrogens with zero attached hydrogens (tertiary/aromatic N) is 2. The second kappa shape index (κ2) is 7.70. The third-order valence-electron chi connectivity index (χ3n) is 5.90. The van der Waals surface area contributed by atoms with Crippen LogP contribution in [0, 0.1) is 6.92 Å². The van der Waals surface area contributed by atoms with Crippen molar-refractivity contribution in [3.05, 3.63) is 79.6 Å². The molecule has 2 aromatic heterocycles. The molecule has 34 heavy (non-hydrogen) atoms. The predicted molar refractivity (Wildman–Crippen MR) is 128 cm³/mol. The lowest BCUT2D eigenvalue weighted by atomic mass is 9.89. The van der Waals surface area contributed by atoms with E-state index < -0.39 is 17.5 Å². The molecule has 0 amide bonds. The first kappa shape index (κ1) is 22.7. The third-order valence-corrected chi connectivity index (χ3v) is 6.71. The van der Waals surface area contributed by atoms with E-state index >= 15 is 4.39 Å². The SMILES string of the molecule is Cc1c2n(c3cccc(/C=C/C(=O)O)c13)C(=O)c1c(-c3c(Cl)cc(Cl)cc3Cl)noc1C2(C)F. The largest absolute Gasteiger partial charge is 0.478 e. The Labute approximate surface area is 207 Å². The molecule has 1 unspecified atom stereocenters. The summed E-state index contributed by atoms with van der Waals surface area (Å²) < 4.78 is 23.1. The van der Waals surface area contributed by atoms with Crippen molar-refractivity contribution in [2.24, 2.45) is 0 Å². The summed E-state index contributed by atoms with van der Waals surface area (Å²) in [5, 5.41) is 14.1. The molecule has 1 aliphatic heterocycles.